The first-order valence-corrected chi connectivity index (χ1v) is 2.62. The van der Waals surface area contributed by atoms with Crippen LogP contribution in [-0.4, -0.2) is 19.2 Å². The van der Waals surface area contributed by atoms with Gasteiger partial charge in [0.1, 0.15) is 0 Å². The maximum atomic E-state index is 9.96. The Bertz CT molecular complexity index is 39.1. The molecule has 0 aromatic heterocycles. The van der Waals surface area contributed by atoms with Crippen LogP contribution in [-0.2, 0) is 5.11 Å². The minimum Gasteiger partial charge on any atom is -0.312 e. The van der Waals surface area contributed by atoms with Crippen LogP contribution in [0.3, 0.4) is 0 Å². The summed E-state index contributed by atoms with van der Waals surface area (Å²) < 4.78 is 0. The van der Waals surface area contributed by atoms with Crippen LogP contribution in [0.2, 0.25) is 0 Å². The second-order valence-electron chi connectivity index (χ2n) is 1.63. The predicted molar refractivity (Wildman–Crippen MR) is 28.7 cm³/mol. The van der Waals surface area contributed by atoms with E-state index in [2.05, 4.69) is 5.32 Å². The van der Waals surface area contributed by atoms with Gasteiger partial charge in [-0.15, -0.1) is 0 Å². The first-order valence-electron chi connectivity index (χ1n) is 2.62. The molecule has 0 aromatic carbocycles. The molecule has 0 aliphatic carbocycles. The molecule has 1 radical (unpaired) electrons. The molecule has 0 spiro atoms. The highest BCUT2D eigenvalue weighted by Gasteiger charge is 1.93. The molecule has 2 nitrogen and oxygen atoms in total. The van der Waals surface area contributed by atoms with Gasteiger partial charge in [0.05, 0.1) is 6.61 Å². The Balaban J connectivity index is 2.83. The molecular weight excluding hydrogens is 90.1 g/mol. The smallest absolute Gasteiger partial charge is 0.0972 e. The minimum absolute atomic E-state index is 0.0200. The monoisotopic (exact) mass is 102 g/mol. The fraction of sp³-hybridized carbons (Fsp3) is 1.00. The molecule has 1 unspecified atom stereocenters. The molecule has 0 saturated carbocycles. The molecule has 0 aliphatic heterocycles. The Morgan fingerprint density at radius 3 is 2.43 bits per heavy atom. The van der Waals surface area contributed by atoms with Crippen molar-refractivity contribution in [3.05, 3.63) is 0 Å². The van der Waals surface area contributed by atoms with Gasteiger partial charge in [-0.2, -0.15) is 0 Å². The number of nitrogens with one attached hydrogen (secondary N) is 1. The van der Waals surface area contributed by atoms with E-state index in [4.69, 9.17) is 0 Å². The van der Waals surface area contributed by atoms with Crippen molar-refractivity contribution in [3.8, 4) is 0 Å². The lowest BCUT2D eigenvalue weighted by Gasteiger charge is -2.04. The lowest BCUT2D eigenvalue weighted by atomic mass is 10.4. The highest BCUT2D eigenvalue weighted by molar-refractivity contribution is 4.53. The summed E-state index contributed by atoms with van der Waals surface area (Å²) in [6, 6.07) is 0.144. The molecule has 1 N–H and O–H groups in total. The van der Waals surface area contributed by atoms with Gasteiger partial charge in [-0.05, 0) is 13.5 Å². The quantitative estimate of drug-likeness (QED) is 0.550. The van der Waals surface area contributed by atoms with Crippen molar-refractivity contribution in [1.82, 2.24) is 5.32 Å². The molecule has 7 heavy (non-hydrogen) atoms. The number of hydrogen-bond acceptors (Lipinski definition) is 1. The minimum atomic E-state index is -0.0200. The average Bonchev–Trinajstić information content (AvgIpc) is 1.68. The van der Waals surface area contributed by atoms with Gasteiger partial charge in [0.25, 0.3) is 0 Å². The lowest BCUT2D eigenvalue weighted by Crippen LogP contribution is -2.28. The maximum Gasteiger partial charge on any atom is 0.0972 e. The molecule has 0 fully saturated rings. The van der Waals surface area contributed by atoms with Crippen LogP contribution in [0.4, 0.5) is 0 Å². The number of likely N-dealkylation sites (N-methyl/N-ethyl adjacent to an activating group) is 1. The van der Waals surface area contributed by atoms with Crippen molar-refractivity contribution in [3.63, 3.8) is 0 Å². The molecule has 43 valence electrons. The van der Waals surface area contributed by atoms with Crippen molar-refractivity contribution in [2.24, 2.45) is 0 Å². The van der Waals surface area contributed by atoms with Gasteiger partial charge in [-0.1, -0.05) is 6.92 Å². The van der Waals surface area contributed by atoms with E-state index in [-0.39, 0.29) is 12.6 Å². The topological polar surface area (TPSA) is 31.9 Å². The van der Waals surface area contributed by atoms with E-state index in [1.165, 1.54) is 0 Å². The molecule has 1 atom stereocenters. The Labute approximate surface area is 44.5 Å². The van der Waals surface area contributed by atoms with E-state index in [1.807, 2.05) is 13.8 Å². The van der Waals surface area contributed by atoms with Gasteiger partial charge in [0.2, 0.25) is 0 Å². The molecule has 2 heteroatoms. The normalized spacial score (nSPS) is 14.1. The van der Waals surface area contributed by atoms with Crippen molar-refractivity contribution in [2.45, 2.75) is 19.9 Å². The number of rotatable bonds is 3. The van der Waals surface area contributed by atoms with Crippen molar-refractivity contribution in [2.75, 3.05) is 13.2 Å². The van der Waals surface area contributed by atoms with Gasteiger partial charge >= 0.3 is 0 Å². The van der Waals surface area contributed by atoms with E-state index < -0.39 is 0 Å². The molecule has 0 saturated heterocycles. The Morgan fingerprint density at radius 1 is 1.71 bits per heavy atom. The Morgan fingerprint density at radius 2 is 2.29 bits per heavy atom. The van der Waals surface area contributed by atoms with Crippen LogP contribution in [0.25, 0.3) is 0 Å². The van der Waals surface area contributed by atoms with Crippen molar-refractivity contribution < 1.29 is 5.11 Å². The summed E-state index contributed by atoms with van der Waals surface area (Å²) in [4.78, 5) is 0. The zero-order valence-corrected chi connectivity index (χ0v) is 4.90. The van der Waals surface area contributed by atoms with Crippen LogP contribution < -0.4 is 5.32 Å². The van der Waals surface area contributed by atoms with Crippen LogP contribution in [0.5, 0.6) is 0 Å². The zero-order chi connectivity index (χ0) is 5.70. The van der Waals surface area contributed by atoms with Gasteiger partial charge < -0.3 is 5.32 Å². The van der Waals surface area contributed by atoms with Gasteiger partial charge in [0, 0.05) is 6.04 Å². The van der Waals surface area contributed by atoms with Gasteiger partial charge in [0.15, 0.2) is 0 Å². The van der Waals surface area contributed by atoms with Crippen molar-refractivity contribution >= 4 is 0 Å². The Hall–Kier alpha value is -0.0800. The Kier molecular flexibility index (Phi) is 4.04. The third-order valence-corrected chi connectivity index (χ3v) is 0.803. The highest BCUT2D eigenvalue weighted by Crippen LogP contribution is 1.74. The fourth-order valence-corrected chi connectivity index (χ4v) is 0.407. The van der Waals surface area contributed by atoms with Gasteiger partial charge in [-0.25, -0.2) is 5.11 Å². The van der Waals surface area contributed by atoms with Crippen LogP contribution in [0.1, 0.15) is 13.8 Å². The molecule has 0 rings (SSSR count). The molecule has 0 heterocycles. The predicted octanol–water partition coefficient (Wildman–Crippen LogP) is 0.415. The van der Waals surface area contributed by atoms with Gasteiger partial charge in [-0.3, -0.25) is 0 Å². The summed E-state index contributed by atoms with van der Waals surface area (Å²) >= 11 is 0. The summed E-state index contributed by atoms with van der Waals surface area (Å²) in [5.41, 5.74) is 0. The highest BCUT2D eigenvalue weighted by atomic mass is 16.3. The maximum absolute atomic E-state index is 9.96. The summed E-state index contributed by atoms with van der Waals surface area (Å²) in [5.74, 6) is 0. The van der Waals surface area contributed by atoms with E-state index in [1.54, 1.807) is 0 Å². The molecular formula is C5H12NO. The van der Waals surface area contributed by atoms with E-state index in [0.29, 0.717) is 0 Å². The molecule has 0 aromatic rings. The third kappa shape index (κ3) is 3.76. The first-order chi connectivity index (χ1) is 3.31. The van der Waals surface area contributed by atoms with E-state index >= 15 is 0 Å². The summed E-state index contributed by atoms with van der Waals surface area (Å²) in [5, 5.41) is 12.9. The van der Waals surface area contributed by atoms with E-state index in [9.17, 15) is 5.11 Å². The summed E-state index contributed by atoms with van der Waals surface area (Å²) in [7, 11) is 0. The fourth-order valence-electron chi connectivity index (χ4n) is 0.407. The zero-order valence-electron chi connectivity index (χ0n) is 4.90. The van der Waals surface area contributed by atoms with Crippen LogP contribution >= 0.6 is 0 Å². The second kappa shape index (κ2) is 4.09. The SMILES string of the molecule is CCNC(C)C[O]. The van der Waals surface area contributed by atoms with Crippen LogP contribution in [0.15, 0.2) is 0 Å². The van der Waals surface area contributed by atoms with Crippen molar-refractivity contribution in [1.29, 1.82) is 0 Å². The summed E-state index contributed by atoms with van der Waals surface area (Å²) in [6.45, 7) is 4.75. The summed E-state index contributed by atoms with van der Waals surface area (Å²) in [6.07, 6.45) is 0. The lowest BCUT2D eigenvalue weighted by molar-refractivity contribution is 0.165. The first kappa shape index (κ1) is 6.92. The third-order valence-electron chi connectivity index (χ3n) is 0.803. The van der Waals surface area contributed by atoms with Crippen LogP contribution in [0, 0.1) is 0 Å². The largest absolute Gasteiger partial charge is 0.312 e. The van der Waals surface area contributed by atoms with E-state index in [0.717, 1.165) is 6.54 Å². The number of hydrogen-bond donors (Lipinski definition) is 1. The standard InChI is InChI=1S/C5H12NO/c1-3-6-5(2)4-7/h5-6H,3-4H2,1-2H3. The molecule has 0 amide bonds. The average molecular weight is 102 g/mol. The second-order valence-corrected chi connectivity index (χ2v) is 1.63. The molecule has 0 bridgehead atoms. The molecule has 0 aliphatic rings.